The topological polar surface area (TPSA) is 81.3 Å². The molecule has 5 rings (SSSR count). The number of nitrogens with zero attached hydrogens (tertiary/aromatic N) is 3. The molecule has 0 aromatic carbocycles. The van der Waals surface area contributed by atoms with Crippen molar-refractivity contribution in [2.75, 3.05) is 77.9 Å². The molecule has 10 heteroatoms. The Kier molecular flexibility index (Phi) is 10.7. The molecule has 0 bridgehead atoms. The van der Waals surface area contributed by atoms with E-state index in [0.29, 0.717) is 35.5 Å². The molecule has 0 aromatic heterocycles. The first kappa shape index (κ1) is 29.0. The second-order valence-electron chi connectivity index (χ2n) is 12.5. The van der Waals surface area contributed by atoms with Crippen LogP contribution in [0.1, 0.15) is 46.5 Å². The number of rotatable bonds is 8. The lowest BCUT2D eigenvalue weighted by Crippen LogP contribution is -2.66. The molecule has 0 spiro atoms. The summed E-state index contributed by atoms with van der Waals surface area (Å²) in [4.78, 5) is 20.4. The molecule has 218 valence electrons. The number of nitrogens with one attached hydrogen (secondary N) is 3. The molecule has 5 fully saturated rings. The largest absolute Gasteiger partial charge is 0.379 e. The van der Waals surface area contributed by atoms with Crippen molar-refractivity contribution in [2.24, 2.45) is 11.8 Å². The number of carbonyl (C=O) groups excluding carboxylic acids is 1. The number of fused-ring (bicyclic) bond motifs is 1. The van der Waals surface area contributed by atoms with Crippen molar-refractivity contribution >= 4 is 17.7 Å². The van der Waals surface area contributed by atoms with Gasteiger partial charge in [-0.1, -0.05) is 6.92 Å². The molecule has 4 aliphatic heterocycles. The van der Waals surface area contributed by atoms with Crippen LogP contribution in [0.3, 0.4) is 0 Å². The van der Waals surface area contributed by atoms with Crippen molar-refractivity contribution < 1.29 is 14.3 Å². The minimum absolute atomic E-state index is 0.00374. The van der Waals surface area contributed by atoms with Gasteiger partial charge in [0.1, 0.15) is 12.1 Å². The summed E-state index contributed by atoms with van der Waals surface area (Å²) in [7, 11) is 0. The summed E-state index contributed by atoms with van der Waals surface area (Å²) in [6.45, 7) is 17.0. The average Bonchev–Trinajstić information content (AvgIpc) is 3.25. The van der Waals surface area contributed by atoms with Crippen molar-refractivity contribution in [3.05, 3.63) is 0 Å². The molecule has 9 nitrogen and oxygen atoms in total. The van der Waals surface area contributed by atoms with E-state index in [2.05, 4.69) is 49.3 Å². The maximum atomic E-state index is 12.5. The fraction of sp³-hybridized carbons (Fsp3) is 0.964. The zero-order valence-electron chi connectivity index (χ0n) is 23.9. The van der Waals surface area contributed by atoms with Crippen LogP contribution in [0.15, 0.2) is 0 Å². The normalized spacial score (nSPS) is 38.2. The van der Waals surface area contributed by atoms with E-state index >= 15 is 0 Å². The highest BCUT2D eigenvalue weighted by atomic mass is 32.2. The molecule has 7 unspecified atom stereocenters. The van der Waals surface area contributed by atoms with E-state index < -0.39 is 0 Å². The van der Waals surface area contributed by atoms with Gasteiger partial charge in [0.25, 0.3) is 0 Å². The van der Waals surface area contributed by atoms with E-state index in [-0.39, 0.29) is 24.7 Å². The Balaban J connectivity index is 1.18. The Morgan fingerprint density at radius 1 is 1.11 bits per heavy atom. The maximum absolute atomic E-state index is 12.5. The highest BCUT2D eigenvalue weighted by Crippen LogP contribution is 2.38. The Hall–Kier alpha value is -0.460. The van der Waals surface area contributed by atoms with Gasteiger partial charge in [0, 0.05) is 56.6 Å². The third-order valence-corrected chi connectivity index (χ3v) is 10.5. The Morgan fingerprint density at radius 2 is 1.95 bits per heavy atom. The third-order valence-electron chi connectivity index (χ3n) is 9.17. The van der Waals surface area contributed by atoms with Crippen LogP contribution in [0.2, 0.25) is 0 Å². The summed E-state index contributed by atoms with van der Waals surface area (Å²) in [5.41, 5.74) is 0.441. The van der Waals surface area contributed by atoms with E-state index in [1.807, 2.05) is 13.8 Å². The average molecular weight is 553 g/mol. The summed E-state index contributed by atoms with van der Waals surface area (Å²) in [6, 6.07) is 1.49. The van der Waals surface area contributed by atoms with Crippen molar-refractivity contribution in [1.29, 1.82) is 0 Å². The highest BCUT2D eigenvalue weighted by molar-refractivity contribution is 8.00. The first-order chi connectivity index (χ1) is 18.5. The van der Waals surface area contributed by atoms with Gasteiger partial charge in [-0.15, -0.1) is 11.8 Å². The predicted octanol–water partition coefficient (Wildman–Crippen LogP) is 1.00. The fourth-order valence-electron chi connectivity index (χ4n) is 7.45. The molecular formula is C28H52N6O3S. The van der Waals surface area contributed by atoms with Crippen molar-refractivity contribution in [3.8, 4) is 0 Å². The molecule has 3 N–H and O–H groups in total. The standard InChI is InChI=1S/C28H52N6O3S/c1-20(2)30-24(35)18-37-27-21(3)16-22-6-4-7-29-25(22)26(27)33-9-5-8-32(10-11-33)17-23-19-38-28(31-23)34-12-14-36-15-13-34/h20-23,25-29,31H,4-19H2,1-3H3,(H,30,35). The summed E-state index contributed by atoms with van der Waals surface area (Å²) in [6.07, 6.45) is 5.06. The summed E-state index contributed by atoms with van der Waals surface area (Å²) >= 11 is 2.06. The summed E-state index contributed by atoms with van der Waals surface area (Å²) in [5.74, 6) is 2.36. The van der Waals surface area contributed by atoms with Crippen LogP contribution in [0, 0.1) is 11.8 Å². The van der Waals surface area contributed by atoms with Crippen LogP contribution in [-0.2, 0) is 14.3 Å². The number of piperidine rings is 1. The third kappa shape index (κ3) is 7.43. The van der Waals surface area contributed by atoms with E-state index in [9.17, 15) is 4.79 Å². The quantitative estimate of drug-likeness (QED) is 0.409. The van der Waals surface area contributed by atoms with E-state index in [0.717, 1.165) is 65.6 Å². The highest BCUT2D eigenvalue weighted by Gasteiger charge is 2.47. The molecule has 1 saturated carbocycles. The zero-order chi connectivity index (χ0) is 26.5. The Labute approximate surface area is 234 Å². The number of thioether (sulfide) groups is 1. The molecule has 1 aliphatic carbocycles. The predicted molar refractivity (Wildman–Crippen MR) is 153 cm³/mol. The lowest BCUT2D eigenvalue weighted by molar-refractivity contribution is -0.137. The van der Waals surface area contributed by atoms with E-state index in [4.69, 9.17) is 9.47 Å². The first-order valence-electron chi connectivity index (χ1n) is 15.3. The number of ether oxygens (including phenoxy) is 2. The van der Waals surface area contributed by atoms with E-state index in [1.165, 1.54) is 31.4 Å². The minimum Gasteiger partial charge on any atom is -0.379 e. The van der Waals surface area contributed by atoms with Gasteiger partial charge in [0.05, 0.1) is 25.4 Å². The van der Waals surface area contributed by atoms with Crippen LogP contribution in [-0.4, -0.2) is 134 Å². The van der Waals surface area contributed by atoms with Gasteiger partial charge < -0.3 is 25.0 Å². The van der Waals surface area contributed by atoms with Crippen LogP contribution < -0.4 is 16.0 Å². The Bertz CT molecular complexity index is 756. The van der Waals surface area contributed by atoms with Crippen molar-refractivity contribution in [2.45, 2.75) is 82.2 Å². The molecule has 38 heavy (non-hydrogen) atoms. The van der Waals surface area contributed by atoms with Gasteiger partial charge >= 0.3 is 0 Å². The molecule has 7 atom stereocenters. The van der Waals surface area contributed by atoms with Crippen LogP contribution in [0.25, 0.3) is 0 Å². The van der Waals surface area contributed by atoms with Gasteiger partial charge in [-0.3, -0.25) is 19.9 Å². The lowest BCUT2D eigenvalue weighted by atomic mass is 9.70. The molecule has 4 saturated heterocycles. The molecule has 4 heterocycles. The minimum atomic E-state index is 0.00374. The number of amides is 1. The second kappa shape index (κ2) is 13.9. The molecular weight excluding hydrogens is 500 g/mol. The number of morpholine rings is 1. The number of hydrogen-bond acceptors (Lipinski definition) is 9. The second-order valence-corrected chi connectivity index (χ2v) is 13.6. The maximum Gasteiger partial charge on any atom is 0.246 e. The zero-order valence-corrected chi connectivity index (χ0v) is 24.7. The van der Waals surface area contributed by atoms with E-state index in [1.54, 1.807) is 0 Å². The van der Waals surface area contributed by atoms with Crippen LogP contribution >= 0.6 is 11.8 Å². The Morgan fingerprint density at radius 3 is 2.76 bits per heavy atom. The molecule has 1 amide bonds. The van der Waals surface area contributed by atoms with Crippen LogP contribution in [0.4, 0.5) is 0 Å². The fourth-order valence-corrected chi connectivity index (χ4v) is 8.77. The van der Waals surface area contributed by atoms with Crippen LogP contribution in [0.5, 0.6) is 0 Å². The van der Waals surface area contributed by atoms with Gasteiger partial charge in [0.2, 0.25) is 5.91 Å². The molecule has 5 aliphatic rings. The first-order valence-corrected chi connectivity index (χ1v) is 16.3. The smallest absolute Gasteiger partial charge is 0.246 e. The van der Waals surface area contributed by atoms with Gasteiger partial charge in [-0.25, -0.2) is 0 Å². The van der Waals surface area contributed by atoms with Gasteiger partial charge in [-0.2, -0.15) is 0 Å². The summed E-state index contributed by atoms with van der Waals surface area (Å²) in [5, 5.41) is 10.8. The van der Waals surface area contributed by atoms with Gasteiger partial charge in [-0.05, 0) is 71.0 Å². The number of hydrogen-bond donors (Lipinski definition) is 3. The lowest BCUT2D eigenvalue weighted by Gasteiger charge is -2.52. The number of carbonyl (C=O) groups is 1. The van der Waals surface area contributed by atoms with Crippen molar-refractivity contribution in [3.63, 3.8) is 0 Å². The summed E-state index contributed by atoms with van der Waals surface area (Å²) < 4.78 is 12.0. The molecule has 0 radical (unpaired) electrons. The SMILES string of the molecule is CC(C)NC(=O)COC1C(C)CC2CCCNC2C1N1CCCN(CC2CSC(N3CCOCC3)N2)CC1. The molecule has 0 aromatic rings. The monoisotopic (exact) mass is 552 g/mol. The van der Waals surface area contributed by atoms with Gasteiger partial charge in [0.15, 0.2) is 0 Å². The van der Waals surface area contributed by atoms with Crippen molar-refractivity contribution in [1.82, 2.24) is 30.7 Å².